The predicted octanol–water partition coefficient (Wildman–Crippen LogP) is 6.36. The number of imide groups is 2. The molecule has 3 unspecified atom stereocenters. The second-order valence-corrected chi connectivity index (χ2v) is 16.7. The number of aromatic hydroxyl groups is 1. The summed E-state index contributed by atoms with van der Waals surface area (Å²) in [6, 6.07) is 28.0. The summed E-state index contributed by atoms with van der Waals surface area (Å²) in [7, 11) is 0. The number of fused-ring (bicyclic) bond motifs is 3. The van der Waals surface area contributed by atoms with Crippen molar-refractivity contribution in [2.75, 3.05) is 50.8 Å². The summed E-state index contributed by atoms with van der Waals surface area (Å²) in [6.45, 7) is 8.30. The molecule has 0 saturated carbocycles. The largest absolute Gasteiger partial charge is 0.508 e. The average molecular weight is 812 g/mol. The molecular formula is C48H50FN5O6. The third-order valence-corrected chi connectivity index (χ3v) is 13.0. The summed E-state index contributed by atoms with van der Waals surface area (Å²) in [4.78, 5) is 58.6. The topological polar surface area (TPSA) is 123 Å². The van der Waals surface area contributed by atoms with Gasteiger partial charge in [-0.1, -0.05) is 61.5 Å². The van der Waals surface area contributed by atoms with Crippen molar-refractivity contribution in [2.24, 2.45) is 5.92 Å². The van der Waals surface area contributed by atoms with Crippen LogP contribution in [0.3, 0.4) is 0 Å². The molecule has 2 N–H and O–H groups in total. The van der Waals surface area contributed by atoms with E-state index in [1.807, 2.05) is 30.3 Å². The van der Waals surface area contributed by atoms with Crippen molar-refractivity contribution in [3.63, 3.8) is 0 Å². The first-order valence-electron chi connectivity index (χ1n) is 21.2. The molecule has 310 valence electrons. The van der Waals surface area contributed by atoms with E-state index in [2.05, 4.69) is 63.3 Å². The molecule has 5 fully saturated rings. The van der Waals surface area contributed by atoms with Gasteiger partial charge in [0.15, 0.2) is 0 Å². The number of phenolic OH excluding ortho intramolecular Hbond substituents is 1. The van der Waals surface area contributed by atoms with Gasteiger partial charge >= 0.3 is 0 Å². The molecule has 3 atom stereocenters. The number of piperazine rings is 1. The molecule has 60 heavy (non-hydrogen) atoms. The number of piperidine rings is 3. The number of halogens is 1. The number of likely N-dealkylation sites (tertiary alicyclic amines) is 1. The summed E-state index contributed by atoms with van der Waals surface area (Å²) in [5.74, 6) is -1.32. The molecule has 0 radical (unpaired) electrons. The molecule has 10 rings (SSSR count). The maximum Gasteiger partial charge on any atom is 0.262 e. The van der Waals surface area contributed by atoms with Crippen molar-refractivity contribution in [3.8, 4) is 11.5 Å². The highest BCUT2D eigenvalue weighted by Gasteiger charge is 2.49. The number of phenols is 1. The van der Waals surface area contributed by atoms with Crippen molar-refractivity contribution in [1.82, 2.24) is 20.0 Å². The minimum Gasteiger partial charge on any atom is -0.508 e. The summed E-state index contributed by atoms with van der Waals surface area (Å²) in [5.41, 5.74) is 6.11. The number of hydrogen-bond donors (Lipinski definition) is 2. The van der Waals surface area contributed by atoms with Crippen molar-refractivity contribution < 1.29 is 33.4 Å². The maximum atomic E-state index is 15.6. The van der Waals surface area contributed by atoms with Crippen LogP contribution in [0.1, 0.15) is 82.9 Å². The van der Waals surface area contributed by atoms with Gasteiger partial charge in [-0.3, -0.25) is 39.2 Å². The van der Waals surface area contributed by atoms with Crippen molar-refractivity contribution in [3.05, 3.63) is 125 Å². The van der Waals surface area contributed by atoms with Crippen LogP contribution in [0.15, 0.2) is 91.0 Å². The van der Waals surface area contributed by atoms with Crippen LogP contribution in [-0.2, 0) is 9.59 Å². The van der Waals surface area contributed by atoms with E-state index in [0.29, 0.717) is 18.2 Å². The zero-order valence-electron chi connectivity index (χ0n) is 33.8. The normalized spacial score (nSPS) is 22.7. The Labute approximate surface area is 349 Å². The van der Waals surface area contributed by atoms with Gasteiger partial charge in [0, 0.05) is 44.7 Å². The lowest BCUT2D eigenvalue weighted by Crippen LogP contribution is -2.69. The second-order valence-electron chi connectivity index (χ2n) is 16.7. The zero-order chi connectivity index (χ0) is 41.5. The van der Waals surface area contributed by atoms with Gasteiger partial charge in [0.25, 0.3) is 11.8 Å². The second kappa shape index (κ2) is 16.7. The first-order chi connectivity index (χ1) is 29.1. The molecule has 4 aromatic rings. The predicted molar refractivity (Wildman–Crippen MR) is 226 cm³/mol. The van der Waals surface area contributed by atoms with E-state index in [1.165, 1.54) is 17.2 Å². The molecule has 0 spiro atoms. The smallest absolute Gasteiger partial charge is 0.262 e. The zero-order valence-corrected chi connectivity index (χ0v) is 33.8. The number of carbonyl (C=O) groups is 4. The number of hydrogen-bond acceptors (Lipinski definition) is 9. The SMILES string of the molecule is CCC(=C(c1ccc(O)cc1)c1ccc(OCCN2CCC(CN3CC4CC(C3)N4c3cc4c(cc3F)C(=O)N(C3CCC(=O)NC3=O)C4=O)CC2)cc1)c1ccccc1. The molecule has 6 heterocycles. The number of carbonyl (C=O) groups excluding carboxylic acids is 4. The van der Waals surface area contributed by atoms with Crippen LogP contribution in [0, 0.1) is 11.7 Å². The number of allylic oxidation sites excluding steroid dienone is 1. The van der Waals surface area contributed by atoms with Gasteiger partial charge in [0.05, 0.1) is 16.8 Å². The van der Waals surface area contributed by atoms with Crippen LogP contribution in [-0.4, -0.2) is 107 Å². The van der Waals surface area contributed by atoms with Crippen molar-refractivity contribution >= 4 is 40.5 Å². The molecule has 4 amide bonds. The van der Waals surface area contributed by atoms with E-state index in [1.54, 1.807) is 12.1 Å². The highest BCUT2D eigenvalue weighted by Crippen LogP contribution is 2.42. The number of nitrogens with zero attached hydrogens (tertiary/aromatic N) is 4. The third kappa shape index (κ3) is 7.70. The van der Waals surface area contributed by atoms with E-state index in [0.717, 1.165) is 98.4 Å². The average Bonchev–Trinajstić information content (AvgIpc) is 3.48. The first-order valence-corrected chi connectivity index (χ1v) is 21.2. The Morgan fingerprint density at radius 3 is 2.10 bits per heavy atom. The molecule has 11 nitrogen and oxygen atoms in total. The number of rotatable bonds is 12. The van der Waals surface area contributed by atoms with Crippen LogP contribution < -0.4 is 15.0 Å². The van der Waals surface area contributed by atoms with E-state index < -0.39 is 35.5 Å². The molecule has 5 saturated heterocycles. The molecule has 2 bridgehead atoms. The van der Waals surface area contributed by atoms with Gasteiger partial charge in [-0.05, 0) is 115 Å². The minimum atomic E-state index is -1.08. The number of nitrogens with one attached hydrogen (secondary N) is 1. The highest BCUT2D eigenvalue weighted by atomic mass is 19.1. The van der Waals surface area contributed by atoms with Gasteiger partial charge in [0.1, 0.15) is 30.0 Å². The molecule has 0 aromatic heterocycles. The molecule has 12 heteroatoms. The lowest BCUT2D eigenvalue weighted by atomic mass is 9.85. The summed E-state index contributed by atoms with van der Waals surface area (Å²) in [5, 5.41) is 12.2. The van der Waals surface area contributed by atoms with Crippen LogP contribution in [0.2, 0.25) is 0 Å². The van der Waals surface area contributed by atoms with E-state index in [4.69, 9.17) is 4.74 Å². The number of amides is 4. The Morgan fingerprint density at radius 2 is 1.45 bits per heavy atom. The molecule has 6 aliphatic rings. The first kappa shape index (κ1) is 39.6. The molecule has 0 aliphatic carbocycles. The highest BCUT2D eigenvalue weighted by molar-refractivity contribution is 6.23. The third-order valence-electron chi connectivity index (χ3n) is 13.0. The van der Waals surface area contributed by atoms with Crippen LogP contribution >= 0.6 is 0 Å². The lowest BCUT2D eigenvalue weighted by Gasteiger charge is -2.58. The Bertz CT molecular complexity index is 2310. The van der Waals surface area contributed by atoms with Crippen LogP contribution in [0.25, 0.3) is 11.1 Å². The number of ether oxygens (including phenoxy) is 1. The number of benzene rings is 4. The van der Waals surface area contributed by atoms with Gasteiger partial charge in [0.2, 0.25) is 11.8 Å². The monoisotopic (exact) mass is 811 g/mol. The van der Waals surface area contributed by atoms with E-state index in [9.17, 15) is 24.3 Å². The Morgan fingerprint density at radius 1 is 0.800 bits per heavy atom. The van der Waals surface area contributed by atoms with Crippen molar-refractivity contribution in [1.29, 1.82) is 0 Å². The molecule has 4 aromatic carbocycles. The Hall–Kier alpha value is -5.85. The fourth-order valence-electron chi connectivity index (χ4n) is 9.99. The summed E-state index contributed by atoms with van der Waals surface area (Å²) in [6.07, 6.45) is 4.11. The van der Waals surface area contributed by atoms with E-state index in [-0.39, 0.29) is 41.8 Å². The Kier molecular flexibility index (Phi) is 11.0. The van der Waals surface area contributed by atoms with Gasteiger partial charge in [-0.15, -0.1) is 0 Å². The quantitative estimate of drug-likeness (QED) is 0.125. The standard InChI is InChI=1S/C48H50FN5O6/c1-2-38(31-6-4-3-5-7-31)45(32-8-12-36(55)13-9-32)33-10-14-37(15-11-33)60-23-22-51-20-18-30(19-21-51)27-52-28-34-24-35(29-52)53(34)43-26-40-39(25-41(43)49)47(58)54(48(40)59)42-16-17-44(56)50-46(42)57/h3-15,25-26,30,34-35,42,55H,2,16-24,27-29H2,1H3,(H,50,56,57). The number of anilines is 1. The van der Waals surface area contributed by atoms with E-state index >= 15 is 4.39 Å². The maximum absolute atomic E-state index is 15.6. The van der Waals surface area contributed by atoms with Crippen LogP contribution in [0.4, 0.5) is 10.1 Å². The minimum absolute atomic E-state index is 0.0296. The summed E-state index contributed by atoms with van der Waals surface area (Å²) >= 11 is 0. The van der Waals surface area contributed by atoms with Gasteiger partial charge in [-0.25, -0.2) is 4.39 Å². The summed E-state index contributed by atoms with van der Waals surface area (Å²) < 4.78 is 21.9. The van der Waals surface area contributed by atoms with Gasteiger partial charge in [-0.2, -0.15) is 0 Å². The van der Waals surface area contributed by atoms with Crippen LogP contribution in [0.5, 0.6) is 11.5 Å². The van der Waals surface area contributed by atoms with Gasteiger partial charge < -0.3 is 14.7 Å². The van der Waals surface area contributed by atoms with Crippen molar-refractivity contribution in [2.45, 2.75) is 63.6 Å². The fraction of sp³-hybridized carbons (Fsp3) is 0.375. The Balaban J connectivity index is 0.753. The molecular weight excluding hydrogens is 762 g/mol. The lowest BCUT2D eigenvalue weighted by molar-refractivity contribution is -0.136. The fourth-order valence-corrected chi connectivity index (χ4v) is 9.99. The molecule has 6 aliphatic heterocycles.